The molecule has 1 aromatic heterocycles. The van der Waals surface area contributed by atoms with Crippen molar-refractivity contribution in [2.75, 3.05) is 0 Å². The Balaban J connectivity index is 2.36. The van der Waals surface area contributed by atoms with Crippen LogP contribution in [-0.2, 0) is 17.8 Å². The van der Waals surface area contributed by atoms with E-state index in [9.17, 15) is 9.90 Å². The van der Waals surface area contributed by atoms with E-state index < -0.39 is 6.10 Å². The Hall–Kier alpha value is -0.940. The largest absolute Gasteiger partial charge is 0.392 e. The topological polar surface area (TPSA) is 62.2 Å². The van der Waals surface area contributed by atoms with Crippen LogP contribution in [0.2, 0.25) is 0 Å². The van der Waals surface area contributed by atoms with Crippen LogP contribution in [0.1, 0.15) is 44.0 Å². The summed E-state index contributed by atoms with van der Waals surface area (Å²) in [5.41, 5.74) is 0. The number of nitrogens with zero attached hydrogens (tertiary/aromatic N) is 1. The van der Waals surface area contributed by atoms with Gasteiger partial charge in [-0.05, 0) is 11.8 Å². The number of aliphatic hydroxyl groups is 1. The van der Waals surface area contributed by atoms with Gasteiger partial charge in [0.2, 0.25) is 5.91 Å². The van der Waals surface area contributed by atoms with E-state index >= 15 is 0 Å². The fourth-order valence-corrected chi connectivity index (χ4v) is 2.63. The molecule has 0 saturated carbocycles. The molecule has 0 saturated heterocycles. The zero-order valence-corrected chi connectivity index (χ0v) is 13.0. The van der Waals surface area contributed by atoms with Gasteiger partial charge in [-0.1, -0.05) is 27.7 Å². The van der Waals surface area contributed by atoms with Crippen molar-refractivity contribution in [1.82, 2.24) is 10.3 Å². The average Bonchev–Trinajstić information content (AvgIpc) is 2.73. The van der Waals surface area contributed by atoms with Gasteiger partial charge in [-0.15, -0.1) is 11.3 Å². The summed E-state index contributed by atoms with van der Waals surface area (Å²) in [5, 5.41) is 13.6. The molecule has 0 aromatic carbocycles. The molecule has 0 aliphatic rings. The highest BCUT2D eigenvalue weighted by atomic mass is 32.1. The van der Waals surface area contributed by atoms with Gasteiger partial charge in [0.05, 0.1) is 24.1 Å². The number of hydrogen-bond donors (Lipinski definition) is 2. The number of carbonyl (C=O) groups is 1. The standard InChI is InChI=1S/C14H24N2O2S/c1-9(2)5-14-16-8-11(19-14)7-15-13(18)6-12(17)10(3)4/h8-10,12,17H,5-7H2,1-4H3,(H,15,18). The second kappa shape index (κ2) is 7.60. The normalized spacial score (nSPS) is 13.0. The van der Waals surface area contributed by atoms with Crippen molar-refractivity contribution >= 4 is 17.2 Å². The van der Waals surface area contributed by atoms with Gasteiger partial charge in [-0.25, -0.2) is 4.98 Å². The average molecular weight is 284 g/mol. The van der Waals surface area contributed by atoms with Crippen molar-refractivity contribution in [2.24, 2.45) is 11.8 Å². The van der Waals surface area contributed by atoms with Gasteiger partial charge in [0.15, 0.2) is 0 Å². The first-order valence-corrected chi connectivity index (χ1v) is 7.58. The van der Waals surface area contributed by atoms with Gasteiger partial charge < -0.3 is 10.4 Å². The predicted molar refractivity (Wildman–Crippen MR) is 78.0 cm³/mol. The monoisotopic (exact) mass is 284 g/mol. The van der Waals surface area contributed by atoms with E-state index in [1.165, 1.54) is 0 Å². The minimum Gasteiger partial charge on any atom is -0.392 e. The molecule has 19 heavy (non-hydrogen) atoms. The molecule has 1 amide bonds. The number of amides is 1. The molecule has 1 aromatic rings. The van der Waals surface area contributed by atoms with Crippen LogP contribution in [0, 0.1) is 11.8 Å². The third kappa shape index (κ3) is 6.16. The minimum absolute atomic E-state index is 0.104. The zero-order valence-electron chi connectivity index (χ0n) is 12.1. The van der Waals surface area contributed by atoms with Gasteiger partial charge in [0.1, 0.15) is 0 Å². The Kier molecular flexibility index (Phi) is 6.45. The van der Waals surface area contributed by atoms with Crippen molar-refractivity contribution in [2.45, 2.75) is 53.2 Å². The van der Waals surface area contributed by atoms with E-state index in [2.05, 4.69) is 24.1 Å². The molecule has 1 rings (SSSR count). The maximum Gasteiger partial charge on any atom is 0.222 e. The molecule has 1 atom stereocenters. The van der Waals surface area contributed by atoms with Gasteiger partial charge in [-0.2, -0.15) is 0 Å². The first-order chi connectivity index (χ1) is 8.88. The van der Waals surface area contributed by atoms with E-state index in [0.717, 1.165) is 16.3 Å². The smallest absolute Gasteiger partial charge is 0.222 e. The van der Waals surface area contributed by atoms with E-state index in [4.69, 9.17) is 0 Å². The molecular weight excluding hydrogens is 260 g/mol. The number of thiazole rings is 1. The van der Waals surface area contributed by atoms with Crippen LogP contribution in [0.3, 0.4) is 0 Å². The lowest BCUT2D eigenvalue weighted by Gasteiger charge is -2.13. The molecule has 0 aliphatic heterocycles. The summed E-state index contributed by atoms with van der Waals surface area (Å²) >= 11 is 1.64. The molecule has 1 heterocycles. The highest BCUT2D eigenvalue weighted by molar-refractivity contribution is 7.11. The first kappa shape index (κ1) is 16.1. The lowest BCUT2D eigenvalue weighted by atomic mass is 10.0. The fourth-order valence-electron chi connectivity index (χ4n) is 1.56. The third-order valence-electron chi connectivity index (χ3n) is 2.81. The quantitative estimate of drug-likeness (QED) is 0.808. The fraction of sp³-hybridized carbons (Fsp3) is 0.714. The van der Waals surface area contributed by atoms with Crippen LogP contribution >= 0.6 is 11.3 Å². The number of rotatable bonds is 7. The molecule has 2 N–H and O–H groups in total. The highest BCUT2D eigenvalue weighted by Gasteiger charge is 2.14. The number of carbonyl (C=O) groups excluding carboxylic acids is 1. The molecule has 0 bridgehead atoms. The summed E-state index contributed by atoms with van der Waals surface area (Å²) < 4.78 is 0. The lowest BCUT2D eigenvalue weighted by Crippen LogP contribution is -2.28. The van der Waals surface area contributed by atoms with Gasteiger partial charge in [0.25, 0.3) is 0 Å². The Morgan fingerprint density at radius 1 is 1.42 bits per heavy atom. The van der Waals surface area contributed by atoms with Crippen LogP contribution in [0.4, 0.5) is 0 Å². The van der Waals surface area contributed by atoms with Gasteiger partial charge in [0, 0.05) is 17.5 Å². The molecule has 5 heteroatoms. The van der Waals surface area contributed by atoms with Crippen molar-refractivity contribution in [3.8, 4) is 0 Å². The molecule has 0 aliphatic carbocycles. The Labute approximate surface area is 119 Å². The van der Waals surface area contributed by atoms with Crippen LogP contribution in [0.5, 0.6) is 0 Å². The molecule has 0 radical (unpaired) electrons. The van der Waals surface area contributed by atoms with Crippen molar-refractivity contribution in [3.63, 3.8) is 0 Å². The van der Waals surface area contributed by atoms with Gasteiger partial charge in [-0.3, -0.25) is 4.79 Å². The second-order valence-electron chi connectivity index (χ2n) is 5.61. The number of aliphatic hydroxyl groups excluding tert-OH is 1. The summed E-state index contributed by atoms with van der Waals surface area (Å²) in [7, 11) is 0. The summed E-state index contributed by atoms with van der Waals surface area (Å²) in [4.78, 5) is 17.0. The molecule has 0 fully saturated rings. The molecular formula is C14H24N2O2S. The lowest BCUT2D eigenvalue weighted by molar-refractivity contribution is -0.123. The zero-order chi connectivity index (χ0) is 14.4. The van der Waals surface area contributed by atoms with Gasteiger partial charge >= 0.3 is 0 Å². The van der Waals surface area contributed by atoms with Crippen LogP contribution in [0.25, 0.3) is 0 Å². The highest BCUT2D eigenvalue weighted by Crippen LogP contribution is 2.16. The minimum atomic E-state index is -0.571. The van der Waals surface area contributed by atoms with Crippen molar-refractivity contribution in [1.29, 1.82) is 0 Å². The van der Waals surface area contributed by atoms with E-state index in [1.807, 2.05) is 20.0 Å². The van der Waals surface area contributed by atoms with E-state index in [-0.39, 0.29) is 18.2 Å². The van der Waals surface area contributed by atoms with Crippen LogP contribution in [-0.4, -0.2) is 22.1 Å². The molecule has 4 nitrogen and oxygen atoms in total. The second-order valence-corrected chi connectivity index (χ2v) is 6.81. The summed E-state index contributed by atoms with van der Waals surface area (Å²) in [6, 6.07) is 0. The molecule has 108 valence electrons. The SMILES string of the molecule is CC(C)Cc1ncc(CNC(=O)CC(O)C(C)C)s1. The Morgan fingerprint density at radius 3 is 2.68 bits per heavy atom. The first-order valence-electron chi connectivity index (χ1n) is 6.76. The Bertz CT molecular complexity index is 402. The summed E-state index contributed by atoms with van der Waals surface area (Å²) in [6.07, 6.45) is 2.39. The number of nitrogens with one attached hydrogen (secondary N) is 1. The summed E-state index contributed by atoms with van der Waals surface area (Å²) in [6.45, 7) is 8.63. The number of hydrogen-bond acceptors (Lipinski definition) is 4. The maximum absolute atomic E-state index is 11.6. The van der Waals surface area contributed by atoms with Crippen LogP contribution in [0.15, 0.2) is 6.20 Å². The molecule has 1 unspecified atom stereocenters. The Morgan fingerprint density at radius 2 is 2.11 bits per heavy atom. The molecule has 0 spiro atoms. The van der Waals surface area contributed by atoms with E-state index in [0.29, 0.717) is 12.5 Å². The predicted octanol–water partition coefficient (Wildman–Crippen LogP) is 2.36. The third-order valence-corrected chi connectivity index (χ3v) is 3.83. The van der Waals surface area contributed by atoms with Crippen molar-refractivity contribution in [3.05, 3.63) is 16.1 Å². The van der Waals surface area contributed by atoms with E-state index in [1.54, 1.807) is 11.3 Å². The number of aromatic nitrogens is 1. The maximum atomic E-state index is 11.6. The van der Waals surface area contributed by atoms with Crippen molar-refractivity contribution < 1.29 is 9.90 Å². The summed E-state index contributed by atoms with van der Waals surface area (Å²) in [5.74, 6) is 0.585. The van der Waals surface area contributed by atoms with Crippen LogP contribution < -0.4 is 5.32 Å².